The van der Waals surface area contributed by atoms with E-state index in [9.17, 15) is 5.11 Å². The molecule has 3 heteroatoms. The van der Waals surface area contributed by atoms with Crippen LogP contribution in [0, 0.1) is 13.8 Å². The molecule has 3 nitrogen and oxygen atoms in total. The van der Waals surface area contributed by atoms with Gasteiger partial charge in [0.25, 0.3) is 0 Å². The standard InChI is InChI=1S/C17H23NO2/c1-4-14-7-8-16(20-14)17(19)15(10-18)13-6-5-11(2)12(3)9-13/h5-9,15,17,19H,4,10,18H2,1-3H3. The lowest BCUT2D eigenvalue weighted by Crippen LogP contribution is -2.20. The van der Waals surface area contributed by atoms with Gasteiger partial charge in [-0.05, 0) is 42.7 Å². The number of aliphatic hydroxyl groups excluding tert-OH is 1. The lowest BCUT2D eigenvalue weighted by Gasteiger charge is -2.21. The van der Waals surface area contributed by atoms with Gasteiger partial charge < -0.3 is 15.3 Å². The van der Waals surface area contributed by atoms with Crippen molar-refractivity contribution in [2.24, 2.45) is 5.73 Å². The van der Waals surface area contributed by atoms with Crippen LogP contribution in [0.3, 0.4) is 0 Å². The summed E-state index contributed by atoms with van der Waals surface area (Å²) in [5, 5.41) is 10.5. The zero-order valence-electron chi connectivity index (χ0n) is 12.4. The third kappa shape index (κ3) is 2.94. The van der Waals surface area contributed by atoms with Gasteiger partial charge in [-0.15, -0.1) is 0 Å². The Labute approximate surface area is 120 Å². The Bertz CT molecular complexity index is 574. The third-order valence-electron chi connectivity index (χ3n) is 3.92. The molecule has 1 heterocycles. The van der Waals surface area contributed by atoms with E-state index in [1.165, 1.54) is 11.1 Å². The van der Waals surface area contributed by atoms with Crippen LogP contribution in [0.15, 0.2) is 34.7 Å². The minimum atomic E-state index is -0.706. The van der Waals surface area contributed by atoms with E-state index in [0.29, 0.717) is 12.3 Å². The number of aryl methyl sites for hydroxylation is 3. The van der Waals surface area contributed by atoms with E-state index in [4.69, 9.17) is 10.2 Å². The quantitative estimate of drug-likeness (QED) is 0.879. The van der Waals surface area contributed by atoms with Crippen LogP contribution >= 0.6 is 0 Å². The second-order valence-electron chi connectivity index (χ2n) is 5.29. The number of nitrogens with two attached hydrogens (primary N) is 1. The normalized spacial score (nSPS) is 14.2. The maximum Gasteiger partial charge on any atom is 0.133 e. The first-order valence-corrected chi connectivity index (χ1v) is 7.10. The zero-order chi connectivity index (χ0) is 14.7. The summed E-state index contributed by atoms with van der Waals surface area (Å²) in [4.78, 5) is 0. The molecule has 0 radical (unpaired) electrons. The summed E-state index contributed by atoms with van der Waals surface area (Å²) in [5.74, 6) is 1.33. The van der Waals surface area contributed by atoms with Gasteiger partial charge in [0.05, 0.1) is 0 Å². The number of hydrogen-bond donors (Lipinski definition) is 2. The molecule has 0 aliphatic carbocycles. The van der Waals surface area contributed by atoms with Crippen molar-refractivity contribution in [1.82, 2.24) is 0 Å². The monoisotopic (exact) mass is 273 g/mol. The molecular weight excluding hydrogens is 250 g/mol. The molecule has 108 valence electrons. The van der Waals surface area contributed by atoms with Gasteiger partial charge in [0.1, 0.15) is 17.6 Å². The van der Waals surface area contributed by atoms with E-state index in [2.05, 4.69) is 26.0 Å². The first-order valence-electron chi connectivity index (χ1n) is 7.10. The molecule has 2 aromatic rings. The Kier molecular flexibility index (Phi) is 4.63. The smallest absolute Gasteiger partial charge is 0.133 e. The highest BCUT2D eigenvalue weighted by molar-refractivity contribution is 5.33. The van der Waals surface area contributed by atoms with Gasteiger partial charge in [-0.25, -0.2) is 0 Å². The zero-order valence-corrected chi connectivity index (χ0v) is 12.4. The van der Waals surface area contributed by atoms with Gasteiger partial charge in [-0.3, -0.25) is 0 Å². The number of hydrogen-bond acceptors (Lipinski definition) is 3. The van der Waals surface area contributed by atoms with Crippen LogP contribution in [0.2, 0.25) is 0 Å². The second kappa shape index (κ2) is 6.25. The van der Waals surface area contributed by atoms with Crippen LogP contribution in [0.1, 0.15) is 47.2 Å². The maximum atomic E-state index is 10.5. The summed E-state index contributed by atoms with van der Waals surface area (Å²) >= 11 is 0. The van der Waals surface area contributed by atoms with Gasteiger partial charge in [0.2, 0.25) is 0 Å². The molecule has 0 bridgehead atoms. The molecule has 0 saturated heterocycles. The topological polar surface area (TPSA) is 59.4 Å². The first-order chi connectivity index (χ1) is 9.56. The molecule has 2 atom stereocenters. The van der Waals surface area contributed by atoms with Gasteiger partial charge in [-0.2, -0.15) is 0 Å². The predicted molar refractivity (Wildman–Crippen MR) is 80.8 cm³/mol. The molecule has 0 aliphatic rings. The summed E-state index contributed by atoms with van der Waals surface area (Å²) in [6, 6.07) is 9.95. The van der Waals surface area contributed by atoms with E-state index in [1.807, 2.05) is 25.1 Å². The number of benzene rings is 1. The van der Waals surface area contributed by atoms with Crippen molar-refractivity contribution in [2.45, 2.75) is 39.2 Å². The summed E-state index contributed by atoms with van der Waals surface area (Å²) < 4.78 is 5.65. The molecule has 0 amide bonds. The van der Waals surface area contributed by atoms with E-state index >= 15 is 0 Å². The van der Waals surface area contributed by atoms with Crippen LogP contribution in [0.4, 0.5) is 0 Å². The number of rotatable bonds is 5. The largest absolute Gasteiger partial charge is 0.463 e. The molecule has 0 aliphatic heterocycles. The lowest BCUT2D eigenvalue weighted by atomic mass is 9.90. The Morgan fingerprint density at radius 1 is 1.15 bits per heavy atom. The van der Waals surface area contributed by atoms with Crippen molar-refractivity contribution in [3.05, 3.63) is 58.5 Å². The molecule has 1 aromatic carbocycles. The Morgan fingerprint density at radius 3 is 2.45 bits per heavy atom. The molecule has 20 heavy (non-hydrogen) atoms. The highest BCUT2D eigenvalue weighted by Gasteiger charge is 2.24. The third-order valence-corrected chi connectivity index (χ3v) is 3.92. The number of furan rings is 1. The molecule has 0 spiro atoms. The van der Waals surface area contributed by atoms with E-state index < -0.39 is 6.10 Å². The van der Waals surface area contributed by atoms with Crippen molar-refractivity contribution in [3.63, 3.8) is 0 Å². The van der Waals surface area contributed by atoms with Gasteiger partial charge in [0.15, 0.2) is 0 Å². The minimum absolute atomic E-state index is 0.148. The second-order valence-corrected chi connectivity index (χ2v) is 5.29. The molecule has 0 saturated carbocycles. The summed E-state index contributed by atoms with van der Waals surface area (Å²) in [6.45, 7) is 6.55. The highest BCUT2D eigenvalue weighted by atomic mass is 16.4. The predicted octanol–water partition coefficient (Wildman–Crippen LogP) is 3.23. The average Bonchev–Trinajstić information content (AvgIpc) is 2.92. The van der Waals surface area contributed by atoms with E-state index in [0.717, 1.165) is 17.7 Å². The van der Waals surface area contributed by atoms with E-state index in [-0.39, 0.29) is 5.92 Å². The summed E-state index contributed by atoms with van der Waals surface area (Å²) in [7, 11) is 0. The SMILES string of the molecule is CCc1ccc(C(O)C(CN)c2ccc(C)c(C)c2)o1. The summed E-state index contributed by atoms with van der Waals surface area (Å²) in [6.07, 6.45) is 0.117. The minimum Gasteiger partial charge on any atom is -0.463 e. The highest BCUT2D eigenvalue weighted by Crippen LogP contribution is 2.32. The van der Waals surface area contributed by atoms with Crippen molar-refractivity contribution in [3.8, 4) is 0 Å². The van der Waals surface area contributed by atoms with Gasteiger partial charge >= 0.3 is 0 Å². The Morgan fingerprint density at radius 2 is 1.90 bits per heavy atom. The fraction of sp³-hybridized carbons (Fsp3) is 0.412. The summed E-state index contributed by atoms with van der Waals surface area (Å²) in [5.41, 5.74) is 9.37. The average molecular weight is 273 g/mol. The molecule has 2 unspecified atom stereocenters. The fourth-order valence-corrected chi connectivity index (χ4v) is 2.38. The molecule has 1 aromatic heterocycles. The van der Waals surface area contributed by atoms with Gasteiger partial charge in [-0.1, -0.05) is 25.1 Å². The van der Waals surface area contributed by atoms with Crippen LogP contribution in [0.25, 0.3) is 0 Å². The van der Waals surface area contributed by atoms with E-state index in [1.54, 1.807) is 0 Å². The molecule has 2 rings (SSSR count). The van der Waals surface area contributed by atoms with Crippen molar-refractivity contribution in [2.75, 3.05) is 6.54 Å². The van der Waals surface area contributed by atoms with Crippen LogP contribution in [-0.2, 0) is 6.42 Å². The maximum absolute atomic E-state index is 10.5. The Hall–Kier alpha value is -1.58. The molecular formula is C17H23NO2. The molecule has 0 fully saturated rings. The van der Waals surface area contributed by atoms with Crippen LogP contribution in [0.5, 0.6) is 0 Å². The van der Waals surface area contributed by atoms with Gasteiger partial charge in [0, 0.05) is 18.9 Å². The van der Waals surface area contributed by atoms with Crippen LogP contribution < -0.4 is 5.73 Å². The van der Waals surface area contributed by atoms with Crippen LogP contribution in [-0.4, -0.2) is 11.7 Å². The van der Waals surface area contributed by atoms with Crippen molar-refractivity contribution in [1.29, 1.82) is 0 Å². The fourth-order valence-electron chi connectivity index (χ4n) is 2.38. The Balaban J connectivity index is 2.28. The first kappa shape index (κ1) is 14.8. The lowest BCUT2D eigenvalue weighted by molar-refractivity contribution is 0.120. The number of aliphatic hydroxyl groups is 1. The van der Waals surface area contributed by atoms with Crippen molar-refractivity contribution < 1.29 is 9.52 Å². The molecule has 3 N–H and O–H groups in total. The van der Waals surface area contributed by atoms with Crippen molar-refractivity contribution >= 4 is 0 Å².